The number of hydrogen-bond acceptors (Lipinski definition) is 3. The number of aromatic nitrogens is 2. The third kappa shape index (κ3) is 2.92. The quantitative estimate of drug-likeness (QED) is 0.502. The first kappa shape index (κ1) is 14.4. The Morgan fingerprint density at radius 1 is 1.19 bits per heavy atom. The molecule has 2 aromatic heterocycles. The lowest BCUT2D eigenvalue weighted by Crippen LogP contribution is -1.96. The van der Waals surface area contributed by atoms with Crippen LogP contribution in [0, 0.1) is 11.8 Å². The van der Waals surface area contributed by atoms with E-state index in [-0.39, 0.29) is 5.69 Å². The average Bonchev–Trinajstić information content (AvgIpc) is 2.83. The van der Waals surface area contributed by atoms with E-state index in [9.17, 15) is 8.78 Å². The summed E-state index contributed by atoms with van der Waals surface area (Å²) >= 11 is 12.4. The van der Waals surface area contributed by atoms with Crippen LogP contribution in [-0.2, 0) is 0 Å². The van der Waals surface area contributed by atoms with Crippen molar-refractivity contribution in [3.8, 4) is 0 Å². The number of halogens is 4. The second-order valence-electron chi connectivity index (χ2n) is 4.15. The predicted octanol–water partition coefficient (Wildman–Crippen LogP) is 5.27. The molecule has 0 radical (unpaired) electrons. The highest BCUT2D eigenvalue weighted by atomic mass is 35.5. The number of hydrogen-bond donors (Lipinski definition) is 2. The molecular weight excluding hydrogens is 339 g/mol. The lowest BCUT2D eigenvalue weighted by atomic mass is 10.2. The number of benzene rings is 1. The van der Waals surface area contributed by atoms with Gasteiger partial charge in [0, 0.05) is 28.2 Å². The van der Waals surface area contributed by atoms with Crippen molar-refractivity contribution in [2.24, 2.45) is 0 Å². The van der Waals surface area contributed by atoms with Crippen molar-refractivity contribution in [1.29, 1.82) is 0 Å². The van der Waals surface area contributed by atoms with Crippen molar-refractivity contribution in [2.75, 3.05) is 4.72 Å². The minimum Gasteiger partial charge on any atom is -0.360 e. The van der Waals surface area contributed by atoms with Crippen molar-refractivity contribution in [3.63, 3.8) is 0 Å². The molecule has 0 fully saturated rings. The van der Waals surface area contributed by atoms with Crippen LogP contribution in [0.3, 0.4) is 0 Å². The summed E-state index contributed by atoms with van der Waals surface area (Å²) in [6.45, 7) is 0. The molecule has 2 heterocycles. The van der Waals surface area contributed by atoms with Crippen molar-refractivity contribution >= 4 is 51.7 Å². The molecule has 3 aromatic rings. The van der Waals surface area contributed by atoms with E-state index < -0.39 is 16.9 Å². The highest BCUT2D eigenvalue weighted by Crippen LogP contribution is 2.31. The van der Waals surface area contributed by atoms with Crippen LogP contribution in [0.25, 0.3) is 10.9 Å². The molecule has 0 bridgehead atoms. The van der Waals surface area contributed by atoms with E-state index in [1.165, 1.54) is 0 Å². The van der Waals surface area contributed by atoms with E-state index in [1.54, 1.807) is 18.3 Å². The lowest BCUT2D eigenvalue weighted by molar-refractivity contribution is 0.565. The zero-order chi connectivity index (χ0) is 15.0. The maximum absolute atomic E-state index is 13.6. The zero-order valence-electron chi connectivity index (χ0n) is 10.3. The number of anilines is 1. The number of fused-ring (bicyclic) bond motifs is 1. The van der Waals surface area contributed by atoms with Gasteiger partial charge in [0.05, 0.1) is 4.90 Å². The van der Waals surface area contributed by atoms with Crippen molar-refractivity contribution in [2.45, 2.75) is 4.90 Å². The molecule has 0 unspecified atom stereocenters. The second kappa shape index (κ2) is 5.71. The predicted molar refractivity (Wildman–Crippen MR) is 82.0 cm³/mol. The fraction of sp³-hybridized carbons (Fsp3) is 0. The van der Waals surface area contributed by atoms with Gasteiger partial charge in [0.1, 0.15) is 5.69 Å². The van der Waals surface area contributed by atoms with Gasteiger partial charge in [-0.2, -0.15) is 4.39 Å². The van der Waals surface area contributed by atoms with Crippen LogP contribution in [0.15, 0.2) is 35.4 Å². The Balaban J connectivity index is 1.85. The summed E-state index contributed by atoms with van der Waals surface area (Å²) in [5.41, 5.74) is 0.776. The monoisotopic (exact) mass is 345 g/mol. The van der Waals surface area contributed by atoms with Gasteiger partial charge in [-0.1, -0.05) is 29.3 Å². The highest BCUT2D eigenvalue weighted by Gasteiger charge is 2.11. The van der Waals surface area contributed by atoms with E-state index in [0.29, 0.717) is 5.02 Å². The van der Waals surface area contributed by atoms with Gasteiger partial charge >= 0.3 is 0 Å². The third-order valence-electron chi connectivity index (χ3n) is 2.76. The minimum absolute atomic E-state index is 0.0785. The molecule has 0 aliphatic heterocycles. The Kier molecular flexibility index (Phi) is 3.93. The standard InChI is InChI=1S/C13H7Cl2F2N3S/c14-6-1-2-7-9(3-6)18-5-11(7)21-20-10-4-8(16)12(15)19-13(10)17/h1-5,18,20H. The average molecular weight is 346 g/mol. The third-order valence-corrected chi connectivity index (χ3v) is 4.14. The smallest absolute Gasteiger partial charge is 0.238 e. The summed E-state index contributed by atoms with van der Waals surface area (Å²) in [6.07, 6.45) is 1.75. The molecule has 0 aliphatic rings. The SMILES string of the molecule is Fc1cc(NSc2c[nH]c3cc(Cl)ccc23)c(F)nc1Cl. The van der Waals surface area contributed by atoms with E-state index in [2.05, 4.69) is 14.7 Å². The summed E-state index contributed by atoms with van der Waals surface area (Å²) in [7, 11) is 0. The molecule has 2 N–H and O–H groups in total. The summed E-state index contributed by atoms with van der Waals surface area (Å²) in [6, 6.07) is 6.34. The van der Waals surface area contributed by atoms with Gasteiger partial charge < -0.3 is 9.71 Å². The van der Waals surface area contributed by atoms with Gasteiger partial charge in [-0.15, -0.1) is 0 Å². The van der Waals surface area contributed by atoms with Crippen LogP contribution >= 0.6 is 35.1 Å². The summed E-state index contributed by atoms with van der Waals surface area (Å²) in [5, 5.41) is 1.04. The van der Waals surface area contributed by atoms with Crippen LogP contribution < -0.4 is 4.72 Å². The maximum Gasteiger partial charge on any atom is 0.238 e. The van der Waals surface area contributed by atoms with Gasteiger partial charge in [-0.3, -0.25) is 0 Å². The largest absolute Gasteiger partial charge is 0.360 e. The number of pyridine rings is 1. The van der Waals surface area contributed by atoms with Crippen LogP contribution in [-0.4, -0.2) is 9.97 Å². The highest BCUT2D eigenvalue weighted by molar-refractivity contribution is 8.00. The molecule has 3 rings (SSSR count). The molecule has 3 nitrogen and oxygen atoms in total. The molecule has 0 amide bonds. The Bertz CT molecular complexity index is 823. The first-order valence-corrected chi connectivity index (χ1v) is 7.33. The second-order valence-corrected chi connectivity index (χ2v) is 5.79. The molecule has 0 saturated heterocycles. The Hall–Kier alpha value is -1.50. The van der Waals surface area contributed by atoms with Gasteiger partial charge in [-0.05, 0) is 24.1 Å². The molecule has 8 heteroatoms. The number of rotatable bonds is 3. The van der Waals surface area contributed by atoms with Crippen molar-refractivity contribution < 1.29 is 8.78 Å². The molecule has 0 aliphatic carbocycles. The minimum atomic E-state index is -0.864. The van der Waals surface area contributed by atoms with Gasteiger partial charge in [0.15, 0.2) is 11.0 Å². The molecule has 0 saturated carbocycles. The summed E-state index contributed by atoms with van der Waals surface area (Å²) in [4.78, 5) is 7.14. The summed E-state index contributed by atoms with van der Waals surface area (Å²) in [5.74, 6) is -1.65. The first-order valence-electron chi connectivity index (χ1n) is 5.75. The molecule has 21 heavy (non-hydrogen) atoms. The molecule has 0 atom stereocenters. The van der Waals surface area contributed by atoms with Crippen LogP contribution in [0.2, 0.25) is 10.2 Å². The van der Waals surface area contributed by atoms with E-state index in [1.807, 2.05) is 6.07 Å². The van der Waals surface area contributed by atoms with E-state index in [0.717, 1.165) is 33.8 Å². The molecule has 108 valence electrons. The Labute approximate surface area is 132 Å². The van der Waals surface area contributed by atoms with Crippen LogP contribution in [0.4, 0.5) is 14.5 Å². The first-order chi connectivity index (χ1) is 10.0. The van der Waals surface area contributed by atoms with Crippen molar-refractivity contribution in [1.82, 2.24) is 9.97 Å². The van der Waals surface area contributed by atoms with Gasteiger partial charge in [0.25, 0.3) is 0 Å². The van der Waals surface area contributed by atoms with E-state index in [4.69, 9.17) is 23.2 Å². The fourth-order valence-electron chi connectivity index (χ4n) is 1.78. The summed E-state index contributed by atoms with van der Waals surface area (Å²) < 4.78 is 29.6. The Morgan fingerprint density at radius 2 is 2.00 bits per heavy atom. The number of aromatic amines is 1. The van der Waals surface area contributed by atoms with Gasteiger partial charge in [-0.25, -0.2) is 9.37 Å². The molecule has 1 aromatic carbocycles. The van der Waals surface area contributed by atoms with Crippen LogP contribution in [0.1, 0.15) is 0 Å². The van der Waals surface area contributed by atoms with Gasteiger partial charge in [0.2, 0.25) is 5.95 Å². The maximum atomic E-state index is 13.6. The lowest BCUT2D eigenvalue weighted by Gasteiger charge is -2.06. The number of nitrogens with one attached hydrogen (secondary N) is 2. The topological polar surface area (TPSA) is 40.7 Å². The zero-order valence-corrected chi connectivity index (χ0v) is 12.6. The van der Waals surface area contributed by atoms with Crippen molar-refractivity contribution in [3.05, 3.63) is 52.4 Å². The molecule has 0 spiro atoms. The number of H-pyrrole nitrogens is 1. The Morgan fingerprint density at radius 3 is 2.81 bits per heavy atom. The number of nitrogens with zero attached hydrogens (tertiary/aromatic N) is 1. The van der Waals surface area contributed by atoms with E-state index >= 15 is 0 Å². The van der Waals surface area contributed by atoms with Crippen LogP contribution in [0.5, 0.6) is 0 Å². The normalized spacial score (nSPS) is 11.0. The fourth-order valence-corrected chi connectivity index (χ4v) is 2.85. The molecular formula is C13H7Cl2F2N3S.